The van der Waals surface area contributed by atoms with E-state index in [4.69, 9.17) is 0 Å². The summed E-state index contributed by atoms with van der Waals surface area (Å²) in [4.78, 5) is 15.8. The second-order valence-electron chi connectivity index (χ2n) is 8.59. The van der Waals surface area contributed by atoms with Gasteiger partial charge in [0.05, 0.1) is 5.52 Å². The van der Waals surface area contributed by atoms with Crippen LogP contribution in [-0.4, -0.2) is 41.0 Å². The molecule has 1 aliphatic heterocycles. The number of benzene rings is 2. The molecule has 1 aliphatic rings. The smallest absolute Gasteiger partial charge is 0.194 e. The van der Waals surface area contributed by atoms with Crippen LogP contribution in [0.25, 0.3) is 16.5 Å². The number of ketones is 1. The molecule has 0 saturated heterocycles. The molecule has 2 aromatic carbocycles. The molecular weight excluding hydrogens is 509 g/mol. The molecule has 0 aliphatic carbocycles. The first-order valence-electron chi connectivity index (χ1n) is 11.6. The number of rotatable bonds is 8. The highest BCUT2D eigenvalue weighted by molar-refractivity contribution is 14.1. The van der Waals surface area contributed by atoms with Gasteiger partial charge in [-0.3, -0.25) is 14.4 Å². The normalized spacial score (nSPS) is 15.6. The van der Waals surface area contributed by atoms with Crippen LogP contribution < -0.4 is 5.43 Å². The molecule has 1 atom stereocenters. The van der Waals surface area contributed by atoms with Gasteiger partial charge >= 0.3 is 0 Å². The Morgan fingerprint density at radius 2 is 2.00 bits per heavy atom. The predicted octanol–water partition coefficient (Wildman–Crippen LogP) is 6.32. The Labute approximate surface area is 204 Å². The third kappa shape index (κ3) is 4.64. The molecule has 0 amide bonds. The van der Waals surface area contributed by atoms with E-state index in [0.29, 0.717) is 6.04 Å². The molecule has 0 bridgehead atoms. The first kappa shape index (κ1) is 23.1. The van der Waals surface area contributed by atoms with Crippen LogP contribution in [0.4, 0.5) is 0 Å². The molecule has 2 heterocycles. The standard InChI is InChI=1S/C27H32IN3O/c1-4-14-29-31-18-24(20-12-15-30(16-13-20)19(3)5-2)23-17-21(10-11-26(23)31)27(32)22-8-6-7-9-25(22)28/h6-12,17-19,29H,4-5,13-16H2,1-3H3. The van der Waals surface area contributed by atoms with Crippen molar-refractivity contribution in [3.05, 3.63) is 75.0 Å². The van der Waals surface area contributed by atoms with E-state index in [-0.39, 0.29) is 5.78 Å². The summed E-state index contributed by atoms with van der Waals surface area (Å²) in [7, 11) is 0. The maximum absolute atomic E-state index is 13.3. The van der Waals surface area contributed by atoms with Crippen LogP contribution in [0, 0.1) is 3.57 Å². The van der Waals surface area contributed by atoms with Crippen molar-refractivity contribution in [1.82, 2.24) is 9.58 Å². The molecule has 32 heavy (non-hydrogen) atoms. The van der Waals surface area contributed by atoms with Gasteiger partial charge < -0.3 is 5.43 Å². The highest BCUT2D eigenvalue weighted by Gasteiger charge is 2.21. The van der Waals surface area contributed by atoms with Gasteiger partial charge in [-0.2, -0.15) is 0 Å². The Morgan fingerprint density at radius 3 is 2.69 bits per heavy atom. The Kier molecular flexibility index (Phi) is 7.36. The molecular formula is C27H32IN3O. The van der Waals surface area contributed by atoms with E-state index in [1.165, 1.54) is 17.6 Å². The fraction of sp³-hybridized carbons (Fsp3) is 0.370. The van der Waals surface area contributed by atoms with Gasteiger partial charge in [0, 0.05) is 57.5 Å². The number of carbonyl (C=O) groups excluding carboxylic acids is 1. The first-order valence-corrected chi connectivity index (χ1v) is 12.7. The number of nitrogens with one attached hydrogen (secondary N) is 1. The van der Waals surface area contributed by atoms with Gasteiger partial charge in [0.25, 0.3) is 0 Å². The maximum Gasteiger partial charge on any atom is 0.194 e. The number of fused-ring (bicyclic) bond motifs is 1. The minimum atomic E-state index is 0.0812. The van der Waals surface area contributed by atoms with Crippen LogP contribution in [0.15, 0.2) is 54.7 Å². The summed E-state index contributed by atoms with van der Waals surface area (Å²) < 4.78 is 3.12. The fourth-order valence-corrected chi connectivity index (χ4v) is 5.01. The van der Waals surface area contributed by atoms with Crippen LogP contribution in [-0.2, 0) is 0 Å². The molecule has 4 nitrogen and oxygen atoms in total. The Morgan fingerprint density at radius 1 is 1.19 bits per heavy atom. The molecule has 4 rings (SSSR count). The minimum absolute atomic E-state index is 0.0812. The SMILES string of the molecule is CCCNn1cc(C2=CCN(C(C)CC)CC2)c2cc(C(=O)c3ccccc3I)ccc21. The number of hydrogen-bond acceptors (Lipinski definition) is 3. The van der Waals surface area contributed by atoms with Crippen molar-refractivity contribution >= 4 is 44.9 Å². The summed E-state index contributed by atoms with van der Waals surface area (Å²) in [5, 5.41) is 1.15. The minimum Gasteiger partial charge on any atom is -0.326 e. The molecule has 3 aromatic rings. The van der Waals surface area contributed by atoms with Crippen LogP contribution in [0.3, 0.4) is 0 Å². The molecule has 168 valence electrons. The van der Waals surface area contributed by atoms with E-state index >= 15 is 0 Å². The second-order valence-corrected chi connectivity index (χ2v) is 9.76. The Balaban J connectivity index is 1.75. The first-order chi connectivity index (χ1) is 15.5. The van der Waals surface area contributed by atoms with Gasteiger partial charge in [0.2, 0.25) is 0 Å². The lowest BCUT2D eigenvalue weighted by atomic mass is 9.95. The molecule has 1 unspecified atom stereocenters. The topological polar surface area (TPSA) is 37.3 Å². The van der Waals surface area contributed by atoms with Crippen molar-refractivity contribution in [2.45, 2.75) is 46.1 Å². The van der Waals surface area contributed by atoms with E-state index in [2.05, 4.69) is 82.8 Å². The van der Waals surface area contributed by atoms with E-state index < -0.39 is 0 Å². The summed E-state index contributed by atoms with van der Waals surface area (Å²) >= 11 is 2.24. The van der Waals surface area contributed by atoms with Crippen molar-refractivity contribution in [2.24, 2.45) is 0 Å². The van der Waals surface area contributed by atoms with Crippen molar-refractivity contribution in [2.75, 3.05) is 25.1 Å². The lowest BCUT2D eigenvalue weighted by Gasteiger charge is -2.31. The van der Waals surface area contributed by atoms with Gasteiger partial charge in [-0.05, 0) is 84.7 Å². The van der Waals surface area contributed by atoms with Crippen LogP contribution in [0.2, 0.25) is 0 Å². The number of nitrogens with zero attached hydrogens (tertiary/aromatic N) is 2. The average Bonchev–Trinajstić information content (AvgIpc) is 3.20. The van der Waals surface area contributed by atoms with Crippen LogP contribution in [0.1, 0.15) is 61.5 Å². The summed E-state index contributed by atoms with van der Waals surface area (Å²) in [6, 6.07) is 14.5. The zero-order valence-corrected chi connectivity index (χ0v) is 21.4. The van der Waals surface area contributed by atoms with E-state index in [0.717, 1.165) is 58.1 Å². The molecule has 0 saturated carbocycles. The summed E-state index contributed by atoms with van der Waals surface area (Å²) in [5.41, 5.74) is 8.77. The highest BCUT2D eigenvalue weighted by Crippen LogP contribution is 2.32. The van der Waals surface area contributed by atoms with Crippen molar-refractivity contribution < 1.29 is 4.79 Å². The van der Waals surface area contributed by atoms with E-state index in [1.54, 1.807) is 0 Å². The number of halogens is 1. The molecule has 1 N–H and O–H groups in total. The average molecular weight is 541 g/mol. The monoisotopic (exact) mass is 541 g/mol. The third-order valence-electron chi connectivity index (χ3n) is 6.52. The van der Waals surface area contributed by atoms with E-state index in [1.807, 2.05) is 30.3 Å². The molecule has 0 radical (unpaired) electrons. The van der Waals surface area contributed by atoms with Crippen molar-refractivity contribution in [1.29, 1.82) is 0 Å². The number of aromatic nitrogens is 1. The van der Waals surface area contributed by atoms with Crippen LogP contribution in [0.5, 0.6) is 0 Å². The van der Waals surface area contributed by atoms with Gasteiger partial charge in [-0.1, -0.05) is 32.1 Å². The van der Waals surface area contributed by atoms with Gasteiger partial charge in [-0.15, -0.1) is 0 Å². The van der Waals surface area contributed by atoms with Crippen LogP contribution >= 0.6 is 22.6 Å². The van der Waals surface area contributed by atoms with Gasteiger partial charge in [0.1, 0.15) is 0 Å². The zero-order chi connectivity index (χ0) is 22.7. The van der Waals surface area contributed by atoms with Crippen molar-refractivity contribution in [3.8, 4) is 0 Å². The highest BCUT2D eigenvalue weighted by atomic mass is 127. The molecule has 5 heteroatoms. The fourth-order valence-electron chi connectivity index (χ4n) is 4.38. The number of hydrogen-bond donors (Lipinski definition) is 1. The lowest BCUT2D eigenvalue weighted by molar-refractivity contribution is 0.103. The number of carbonyl (C=O) groups is 1. The Hall–Kier alpha value is -2.12. The predicted molar refractivity (Wildman–Crippen MR) is 143 cm³/mol. The largest absolute Gasteiger partial charge is 0.326 e. The molecule has 0 fully saturated rings. The summed E-state index contributed by atoms with van der Waals surface area (Å²) in [6.07, 6.45) is 7.86. The zero-order valence-electron chi connectivity index (χ0n) is 19.2. The lowest BCUT2D eigenvalue weighted by Crippen LogP contribution is -2.35. The van der Waals surface area contributed by atoms with Gasteiger partial charge in [0.15, 0.2) is 5.78 Å². The molecule has 0 spiro atoms. The molecule has 1 aromatic heterocycles. The maximum atomic E-state index is 13.3. The van der Waals surface area contributed by atoms with E-state index in [9.17, 15) is 4.79 Å². The summed E-state index contributed by atoms with van der Waals surface area (Å²) in [6.45, 7) is 9.71. The van der Waals surface area contributed by atoms with Gasteiger partial charge in [-0.25, -0.2) is 0 Å². The quantitative estimate of drug-likeness (QED) is 0.268. The third-order valence-corrected chi connectivity index (χ3v) is 7.46. The Bertz CT molecular complexity index is 1150. The second kappa shape index (κ2) is 10.2. The van der Waals surface area contributed by atoms with Crippen molar-refractivity contribution in [3.63, 3.8) is 0 Å². The summed E-state index contributed by atoms with van der Waals surface area (Å²) in [5.74, 6) is 0.0812.